The van der Waals surface area contributed by atoms with Crippen molar-refractivity contribution in [2.75, 3.05) is 10.9 Å². The number of benzene rings is 2. The maximum Gasteiger partial charge on any atom is 0.352 e. The Labute approximate surface area is 124 Å². The van der Waals surface area contributed by atoms with Gasteiger partial charge in [-0.05, 0) is 40.2 Å². The van der Waals surface area contributed by atoms with Crippen LogP contribution >= 0.6 is 15.9 Å². The molecule has 20 heavy (non-hydrogen) atoms. The maximum atomic E-state index is 11.6. The summed E-state index contributed by atoms with van der Waals surface area (Å²) in [6.45, 7) is 0. The average Bonchev–Trinajstić information content (AvgIpc) is 2.46. The van der Waals surface area contributed by atoms with Crippen LogP contribution in [0, 0.1) is 0 Å². The number of hydrogen-bond acceptors (Lipinski definition) is 4. The number of halogens is 1. The lowest BCUT2D eigenvalue weighted by Gasteiger charge is -2.13. The van der Waals surface area contributed by atoms with Crippen LogP contribution in [0.25, 0.3) is 0 Å². The minimum absolute atomic E-state index is 0.0238. The summed E-state index contributed by atoms with van der Waals surface area (Å²) < 4.78 is 0.633. The number of rotatable bonds is 4. The normalized spacial score (nSPS) is 9.65. The summed E-state index contributed by atoms with van der Waals surface area (Å²) in [5, 5.41) is 9.63. The van der Waals surface area contributed by atoms with E-state index in [1.807, 2.05) is 30.3 Å². The van der Waals surface area contributed by atoms with E-state index in [1.54, 1.807) is 12.1 Å². The molecule has 0 fully saturated rings. The van der Waals surface area contributed by atoms with Crippen LogP contribution in [0.1, 0.15) is 0 Å². The van der Waals surface area contributed by atoms with Crippen molar-refractivity contribution in [1.82, 2.24) is 10.9 Å². The van der Waals surface area contributed by atoms with Gasteiger partial charge in [0.15, 0.2) is 0 Å². The molecule has 5 N–H and O–H groups in total. The number of hydrazine groups is 2. The molecular weight excluding hydrogens is 324 g/mol. The lowest BCUT2D eigenvalue weighted by atomic mass is 10.3. The molecule has 0 heterocycles. The fourth-order valence-electron chi connectivity index (χ4n) is 1.44. The van der Waals surface area contributed by atoms with Gasteiger partial charge in [-0.1, -0.05) is 24.3 Å². The number of para-hydroxylation sites is 2. The molecule has 2 amide bonds. The van der Waals surface area contributed by atoms with Gasteiger partial charge in [-0.2, -0.15) is 0 Å². The molecule has 0 unspecified atom stereocenters. The molecule has 0 saturated carbocycles. The van der Waals surface area contributed by atoms with Crippen molar-refractivity contribution in [3.05, 3.63) is 53.0 Å². The third kappa shape index (κ3) is 3.79. The van der Waals surface area contributed by atoms with Crippen LogP contribution in [0.15, 0.2) is 53.0 Å². The second kappa shape index (κ2) is 6.67. The van der Waals surface area contributed by atoms with Crippen molar-refractivity contribution in [2.24, 2.45) is 0 Å². The SMILES string of the molecule is O=C(NNc1ccccc1)NNc1c(O)cccc1Br. The first-order valence-corrected chi connectivity index (χ1v) is 6.56. The van der Waals surface area contributed by atoms with Gasteiger partial charge in [-0.25, -0.2) is 4.79 Å². The molecule has 0 spiro atoms. The Morgan fingerprint density at radius 2 is 1.65 bits per heavy atom. The topological polar surface area (TPSA) is 85.4 Å². The summed E-state index contributed by atoms with van der Waals surface area (Å²) in [5.41, 5.74) is 11.3. The fraction of sp³-hybridized carbons (Fsp3) is 0. The second-order valence-electron chi connectivity index (χ2n) is 3.83. The first-order chi connectivity index (χ1) is 9.66. The third-order valence-corrected chi connectivity index (χ3v) is 3.05. The number of amides is 2. The van der Waals surface area contributed by atoms with Crippen LogP contribution in [0.3, 0.4) is 0 Å². The summed E-state index contributed by atoms with van der Waals surface area (Å²) in [5.74, 6) is 0.0238. The van der Waals surface area contributed by atoms with Gasteiger partial charge in [0.05, 0.1) is 5.69 Å². The number of carbonyl (C=O) groups excluding carboxylic acids is 1. The standard InChI is InChI=1S/C13H13BrN4O2/c14-10-7-4-8-11(19)12(10)16-18-13(20)17-15-9-5-2-1-3-6-9/h1-8,15-16,19H,(H2,17,18,20). The van der Waals surface area contributed by atoms with E-state index < -0.39 is 6.03 Å². The lowest BCUT2D eigenvalue weighted by molar-refractivity contribution is 0.244. The fourth-order valence-corrected chi connectivity index (χ4v) is 1.89. The maximum absolute atomic E-state index is 11.6. The van der Waals surface area contributed by atoms with E-state index in [2.05, 4.69) is 37.6 Å². The van der Waals surface area contributed by atoms with Crippen molar-refractivity contribution >= 4 is 33.3 Å². The van der Waals surface area contributed by atoms with E-state index >= 15 is 0 Å². The molecule has 2 aromatic rings. The van der Waals surface area contributed by atoms with Crippen molar-refractivity contribution in [1.29, 1.82) is 0 Å². The zero-order valence-corrected chi connectivity index (χ0v) is 11.9. The molecule has 6 nitrogen and oxygen atoms in total. The third-order valence-electron chi connectivity index (χ3n) is 2.39. The Kier molecular flexibility index (Phi) is 4.67. The molecule has 0 aliphatic carbocycles. The smallest absolute Gasteiger partial charge is 0.352 e. The molecule has 7 heteroatoms. The first kappa shape index (κ1) is 14.0. The van der Waals surface area contributed by atoms with Crippen LogP contribution < -0.4 is 21.7 Å². The van der Waals surface area contributed by atoms with Gasteiger partial charge in [0, 0.05) is 4.47 Å². The van der Waals surface area contributed by atoms with Crippen LogP contribution in [-0.4, -0.2) is 11.1 Å². The van der Waals surface area contributed by atoms with Gasteiger partial charge >= 0.3 is 6.03 Å². The molecule has 2 aromatic carbocycles. The Hall–Kier alpha value is -2.41. The summed E-state index contributed by atoms with van der Waals surface area (Å²) in [6.07, 6.45) is 0. The Morgan fingerprint density at radius 3 is 2.35 bits per heavy atom. The average molecular weight is 337 g/mol. The molecular formula is C13H13BrN4O2. The predicted molar refractivity (Wildman–Crippen MR) is 81.2 cm³/mol. The number of urea groups is 1. The number of nitrogens with one attached hydrogen (secondary N) is 4. The number of phenols is 1. The monoisotopic (exact) mass is 336 g/mol. The van der Waals surface area contributed by atoms with Crippen LogP contribution in [0.2, 0.25) is 0 Å². The second-order valence-corrected chi connectivity index (χ2v) is 4.68. The highest BCUT2D eigenvalue weighted by atomic mass is 79.9. The highest BCUT2D eigenvalue weighted by Gasteiger charge is 2.06. The summed E-state index contributed by atoms with van der Waals surface area (Å²) in [6, 6.07) is 13.6. The Bertz CT molecular complexity index is 572. The Balaban J connectivity index is 1.84. The number of hydrogen-bond donors (Lipinski definition) is 5. The predicted octanol–water partition coefficient (Wildman–Crippen LogP) is 2.81. The number of carbonyl (C=O) groups is 1. The number of anilines is 2. The van der Waals surface area contributed by atoms with E-state index in [4.69, 9.17) is 0 Å². The summed E-state index contributed by atoms with van der Waals surface area (Å²) in [7, 11) is 0. The van der Waals surface area contributed by atoms with Crippen molar-refractivity contribution in [3.8, 4) is 5.75 Å². The molecule has 0 aromatic heterocycles. The quantitative estimate of drug-likeness (QED) is 0.439. The van der Waals surface area contributed by atoms with E-state index in [9.17, 15) is 9.90 Å². The molecule has 0 aliphatic rings. The van der Waals surface area contributed by atoms with Gasteiger partial charge in [-0.15, -0.1) is 0 Å². The van der Waals surface area contributed by atoms with Gasteiger partial charge in [0.2, 0.25) is 0 Å². The first-order valence-electron chi connectivity index (χ1n) is 5.77. The van der Waals surface area contributed by atoms with Gasteiger partial charge in [0.25, 0.3) is 0 Å². The van der Waals surface area contributed by atoms with E-state index in [0.717, 1.165) is 5.69 Å². The Morgan fingerprint density at radius 1 is 0.950 bits per heavy atom. The highest BCUT2D eigenvalue weighted by molar-refractivity contribution is 9.10. The van der Waals surface area contributed by atoms with Crippen LogP contribution in [-0.2, 0) is 0 Å². The van der Waals surface area contributed by atoms with Gasteiger partial charge < -0.3 is 5.11 Å². The molecule has 0 atom stereocenters. The molecule has 0 bridgehead atoms. The highest BCUT2D eigenvalue weighted by Crippen LogP contribution is 2.30. The molecule has 2 rings (SSSR count). The van der Waals surface area contributed by atoms with Gasteiger partial charge in [-0.3, -0.25) is 21.7 Å². The number of phenolic OH excluding ortho intramolecular Hbond substituents is 1. The molecule has 0 aliphatic heterocycles. The zero-order chi connectivity index (χ0) is 14.4. The van der Waals surface area contributed by atoms with Crippen molar-refractivity contribution in [2.45, 2.75) is 0 Å². The molecule has 104 valence electrons. The van der Waals surface area contributed by atoms with Crippen LogP contribution in [0.4, 0.5) is 16.2 Å². The summed E-state index contributed by atoms with van der Waals surface area (Å²) >= 11 is 3.26. The van der Waals surface area contributed by atoms with E-state index in [1.165, 1.54) is 6.07 Å². The number of aromatic hydroxyl groups is 1. The largest absolute Gasteiger partial charge is 0.506 e. The zero-order valence-electron chi connectivity index (χ0n) is 10.4. The minimum atomic E-state index is -0.496. The van der Waals surface area contributed by atoms with E-state index in [-0.39, 0.29) is 5.75 Å². The van der Waals surface area contributed by atoms with E-state index in [0.29, 0.717) is 10.2 Å². The lowest BCUT2D eigenvalue weighted by Crippen LogP contribution is -2.41. The van der Waals surface area contributed by atoms with Gasteiger partial charge in [0.1, 0.15) is 11.4 Å². The van der Waals surface area contributed by atoms with Crippen LogP contribution in [0.5, 0.6) is 5.75 Å². The summed E-state index contributed by atoms with van der Waals surface area (Å²) in [4.78, 5) is 11.6. The molecule has 0 radical (unpaired) electrons. The van der Waals surface area contributed by atoms with Crippen molar-refractivity contribution < 1.29 is 9.90 Å². The van der Waals surface area contributed by atoms with Crippen molar-refractivity contribution in [3.63, 3.8) is 0 Å². The minimum Gasteiger partial charge on any atom is -0.506 e. The molecule has 0 saturated heterocycles.